The highest BCUT2D eigenvalue weighted by Crippen LogP contribution is 2.47. The first-order chi connectivity index (χ1) is 13.5. The minimum atomic E-state index is -0.911. The third kappa shape index (κ3) is 4.98. The Bertz CT molecular complexity index is 764. The van der Waals surface area contributed by atoms with Crippen LogP contribution < -0.4 is 4.74 Å². The van der Waals surface area contributed by atoms with Gasteiger partial charge in [0.05, 0.1) is 6.61 Å². The standard InChI is InChI=1S/C22H26F2O4/c23-11-8-16(13-18(24)15-27-12-4-7-20(25)26)19-6-3-5-17-14-22(28-21(17)19)9-1-2-10-22/h3,5-6,8,13H,1-2,4,7,9-12,14-15H2,(H,25,26)/b16-8+,18-13+. The second-order valence-corrected chi connectivity index (χ2v) is 7.42. The van der Waals surface area contributed by atoms with Crippen LogP contribution in [0.4, 0.5) is 8.78 Å². The largest absolute Gasteiger partial charge is 0.486 e. The predicted molar refractivity (Wildman–Crippen MR) is 103 cm³/mol. The molecule has 1 saturated carbocycles. The summed E-state index contributed by atoms with van der Waals surface area (Å²) in [6.45, 7) is -0.835. The lowest BCUT2D eigenvalue weighted by molar-refractivity contribution is -0.137. The van der Waals surface area contributed by atoms with Crippen LogP contribution >= 0.6 is 0 Å². The first-order valence-electron chi connectivity index (χ1n) is 9.76. The molecular weight excluding hydrogens is 366 g/mol. The van der Waals surface area contributed by atoms with E-state index in [9.17, 15) is 13.6 Å². The van der Waals surface area contributed by atoms with Crippen LogP contribution in [0.3, 0.4) is 0 Å². The Labute approximate surface area is 163 Å². The highest BCUT2D eigenvalue weighted by molar-refractivity contribution is 5.79. The minimum Gasteiger partial charge on any atom is -0.486 e. The molecule has 1 aromatic rings. The molecule has 1 heterocycles. The lowest BCUT2D eigenvalue weighted by Gasteiger charge is -2.23. The Hall–Kier alpha value is -2.21. The fourth-order valence-electron chi connectivity index (χ4n) is 4.01. The van der Waals surface area contributed by atoms with Crippen molar-refractivity contribution in [3.8, 4) is 5.75 Å². The Balaban J connectivity index is 1.71. The highest BCUT2D eigenvalue weighted by atomic mass is 19.1. The van der Waals surface area contributed by atoms with Gasteiger partial charge in [-0.1, -0.05) is 18.2 Å². The van der Waals surface area contributed by atoms with Crippen molar-refractivity contribution in [2.45, 2.75) is 50.5 Å². The summed E-state index contributed by atoms with van der Waals surface area (Å²) < 4.78 is 38.9. The van der Waals surface area contributed by atoms with E-state index in [1.807, 2.05) is 18.2 Å². The van der Waals surface area contributed by atoms with Crippen molar-refractivity contribution >= 4 is 11.5 Å². The van der Waals surface area contributed by atoms with Crippen molar-refractivity contribution in [1.82, 2.24) is 0 Å². The van der Waals surface area contributed by atoms with E-state index in [1.165, 1.54) is 12.2 Å². The molecule has 0 radical (unpaired) electrons. The normalized spacial score (nSPS) is 18.4. The number of para-hydroxylation sites is 1. The number of carboxylic acids is 1. The summed E-state index contributed by atoms with van der Waals surface area (Å²) in [4.78, 5) is 10.5. The molecule has 0 saturated heterocycles. The van der Waals surface area contributed by atoms with Gasteiger partial charge >= 0.3 is 5.97 Å². The summed E-state index contributed by atoms with van der Waals surface area (Å²) in [6.07, 6.45) is 8.06. The van der Waals surface area contributed by atoms with Gasteiger partial charge in [-0.3, -0.25) is 4.79 Å². The molecule has 0 bridgehead atoms. The van der Waals surface area contributed by atoms with Gasteiger partial charge in [0.15, 0.2) is 0 Å². The highest BCUT2D eigenvalue weighted by Gasteiger charge is 2.42. The van der Waals surface area contributed by atoms with Gasteiger partial charge in [0, 0.05) is 25.0 Å². The van der Waals surface area contributed by atoms with Crippen molar-refractivity contribution in [3.63, 3.8) is 0 Å². The lowest BCUT2D eigenvalue weighted by atomic mass is 9.94. The number of hydrogen-bond acceptors (Lipinski definition) is 3. The number of fused-ring (bicyclic) bond motifs is 1. The Morgan fingerprint density at radius 3 is 2.82 bits per heavy atom. The van der Waals surface area contributed by atoms with Crippen LogP contribution in [0, 0.1) is 0 Å². The topological polar surface area (TPSA) is 55.8 Å². The average molecular weight is 392 g/mol. The molecule has 1 aromatic carbocycles. The quantitative estimate of drug-likeness (QED) is 0.473. The summed E-state index contributed by atoms with van der Waals surface area (Å²) in [7, 11) is 0. The summed E-state index contributed by atoms with van der Waals surface area (Å²) in [5, 5.41) is 8.58. The average Bonchev–Trinajstić information content (AvgIpc) is 3.26. The van der Waals surface area contributed by atoms with Gasteiger partial charge in [-0.05, 0) is 55.4 Å². The zero-order chi connectivity index (χ0) is 20.0. The molecule has 1 aliphatic carbocycles. The number of allylic oxidation sites excluding steroid dienone is 3. The summed E-state index contributed by atoms with van der Waals surface area (Å²) in [5.41, 5.74) is 2.05. The van der Waals surface area contributed by atoms with E-state index in [0.717, 1.165) is 43.4 Å². The molecule has 0 amide bonds. The molecule has 0 atom stereocenters. The SMILES string of the molecule is O=C(O)CCCOC/C(F)=C\C(=C/CF)c1cccc2c1OC1(CCCC1)C2. The van der Waals surface area contributed by atoms with E-state index in [0.29, 0.717) is 17.6 Å². The Morgan fingerprint density at radius 2 is 2.11 bits per heavy atom. The molecule has 1 spiro atoms. The van der Waals surface area contributed by atoms with Gasteiger partial charge in [0.1, 0.15) is 23.9 Å². The maximum atomic E-state index is 14.3. The zero-order valence-electron chi connectivity index (χ0n) is 15.9. The maximum Gasteiger partial charge on any atom is 0.303 e. The summed E-state index contributed by atoms with van der Waals surface area (Å²) in [5.74, 6) is -0.720. The summed E-state index contributed by atoms with van der Waals surface area (Å²) >= 11 is 0. The number of aliphatic carboxylic acids is 1. The fourth-order valence-corrected chi connectivity index (χ4v) is 4.01. The smallest absolute Gasteiger partial charge is 0.303 e. The molecule has 1 fully saturated rings. The van der Waals surface area contributed by atoms with E-state index in [2.05, 4.69) is 0 Å². The predicted octanol–water partition coefficient (Wildman–Crippen LogP) is 5.02. The second-order valence-electron chi connectivity index (χ2n) is 7.42. The van der Waals surface area contributed by atoms with E-state index >= 15 is 0 Å². The molecule has 1 aliphatic heterocycles. The van der Waals surface area contributed by atoms with Crippen LogP contribution in [0.15, 0.2) is 36.2 Å². The zero-order valence-corrected chi connectivity index (χ0v) is 15.9. The van der Waals surface area contributed by atoms with Gasteiger partial charge in [0.2, 0.25) is 0 Å². The third-order valence-corrected chi connectivity index (χ3v) is 5.28. The second kappa shape index (κ2) is 9.32. The van der Waals surface area contributed by atoms with Crippen molar-refractivity contribution in [1.29, 1.82) is 0 Å². The van der Waals surface area contributed by atoms with Gasteiger partial charge < -0.3 is 14.6 Å². The number of rotatable bonds is 9. The molecule has 0 unspecified atom stereocenters. The van der Waals surface area contributed by atoms with Gasteiger partial charge in [-0.25, -0.2) is 8.78 Å². The molecule has 4 nitrogen and oxygen atoms in total. The van der Waals surface area contributed by atoms with E-state index in [-0.39, 0.29) is 25.2 Å². The van der Waals surface area contributed by atoms with Gasteiger partial charge in [-0.2, -0.15) is 0 Å². The van der Waals surface area contributed by atoms with Crippen LogP contribution in [0.2, 0.25) is 0 Å². The number of ether oxygens (including phenoxy) is 2. The minimum absolute atomic E-state index is 0.0203. The first kappa shape index (κ1) is 20.5. The molecular formula is C22H26F2O4. The molecule has 6 heteroatoms. The van der Waals surface area contributed by atoms with Crippen molar-refractivity contribution in [2.24, 2.45) is 0 Å². The molecule has 28 heavy (non-hydrogen) atoms. The number of carboxylic acid groups (broad SMARTS) is 1. The number of benzene rings is 1. The van der Waals surface area contributed by atoms with Crippen molar-refractivity contribution in [2.75, 3.05) is 19.9 Å². The fraction of sp³-hybridized carbons (Fsp3) is 0.500. The van der Waals surface area contributed by atoms with Crippen LogP contribution in [0.25, 0.3) is 5.57 Å². The third-order valence-electron chi connectivity index (χ3n) is 5.28. The van der Waals surface area contributed by atoms with Gasteiger partial charge in [0.25, 0.3) is 0 Å². The summed E-state index contributed by atoms with van der Waals surface area (Å²) in [6, 6.07) is 5.74. The molecule has 0 aromatic heterocycles. The molecule has 2 aliphatic rings. The monoisotopic (exact) mass is 392 g/mol. The molecule has 3 rings (SSSR count). The first-order valence-corrected chi connectivity index (χ1v) is 9.76. The van der Waals surface area contributed by atoms with E-state index in [4.69, 9.17) is 14.6 Å². The number of halogens is 2. The Kier molecular flexibility index (Phi) is 6.83. The van der Waals surface area contributed by atoms with Crippen LogP contribution in [0.1, 0.15) is 49.7 Å². The van der Waals surface area contributed by atoms with E-state index in [1.54, 1.807) is 0 Å². The van der Waals surface area contributed by atoms with Crippen molar-refractivity contribution < 1.29 is 28.2 Å². The number of alkyl halides is 1. The van der Waals surface area contributed by atoms with Gasteiger partial charge in [-0.15, -0.1) is 0 Å². The molecule has 152 valence electrons. The Morgan fingerprint density at radius 1 is 1.32 bits per heavy atom. The number of carbonyl (C=O) groups is 1. The maximum absolute atomic E-state index is 14.3. The van der Waals surface area contributed by atoms with Crippen LogP contribution in [0.5, 0.6) is 5.75 Å². The number of hydrogen-bond donors (Lipinski definition) is 1. The molecule has 1 N–H and O–H groups in total. The van der Waals surface area contributed by atoms with Crippen molar-refractivity contribution in [3.05, 3.63) is 47.3 Å². The van der Waals surface area contributed by atoms with E-state index < -0.39 is 18.5 Å². The van der Waals surface area contributed by atoms with Crippen LogP contribution in [-0.4, -0.2) is 36.6 Å². The van der Waals surface area contributed by atoms with Crippen LogP contribution in [-0.2, 0) is 16.0 Å². The lowest BCUT2D eigenvalue weighted by Crippen LogP contribution is -2.30.